The van der Waals surface area contributed by atoms with Crippen LogP contribution in [0.5, 0.6) is 0 Å². The molecule has 21 heavy (non-hydrogen) atoms. The topological polar surface area (TPSA) is 77.2 Å². The van der Waals surface area contributed by atoms with Gasteiger partial charge in [0.15, 0.2) is 5.13 Å². The van der Waals surface area contributed by atoms with Crippen LogP contribution >= 0.6 is 11.3 Å². The number of rotatable bonds is 8. The van der Waals surface area contributed by atoms with E-state index in [1.54, 1.807) is 6.07 Å². The highest BCUT2D eigenvalue weighted by atomic mass is 32.1. The Morgan fingerprint density at radius 2 is 2.24 bits per heavy atom. The maximum Gasteiger partial charge on any atom is 0.252 e. The summed E-state index contributed by atoms with van der Waals surface area (Å²) in [5.41, 5.74) is 7.25. The monoisotopic (exact) mass is 307 g/mol. The quantitative estimate of drug-likeness (QED) is 0.578. The molecule has 0 aliphatic heterocycles. The van der Waals surface area contributed by atoms with Crippen molar-refractivity contribution in [2.24, 2.45) is 0 Å². The van der Waals surface area contributed by atoms with Crippen LogP contribution in [-0.4, -0.2) is 24.1 Å². The van der Waals surface area contributed by atoms with Gasteiger partial charge >= 0.3 is 0 Å². The van der Waals surface area contributed by atoms with Gasteiger partial charge in [-0.15, -0.1) is 0 Å². The Morgan fingerprint density at radius 3 is 3.05 bits per heavy atom. The first-order valence-corrected chi connectivity index (χ1v) is 8.04. The van der Waals surface area contributed by atoms with E-state index in [2.05, 4.69) is 17.2 Å². The Bertz CT molecular complexity index is 598. The number of nitrogen functional groups attached to an aromatic ring is 1. The van der Waals surface area contributed by atoms with Crippen LogP contribution in [0.1, 0.15) is 32.6 Å². The minimum absolute atomic E-state index is 0.0736. The summed E-state index contributed by atoms with van der Waals surface area (Å²) in [5, 5.41) is 3.33. The third-order valence-electron chi connectivity index (χ3n) is 3.03. The van der Waals surface area contributed by atoms with Gasteiger partial charge in [0, 0.05) is 12.3 Å². The molecule has 0 radical (unpaired) electrons. The molecule has 2 aromatic rings. The molecular formula is C15H21N3O2S. The van der Waals surface area contributed by atoms with E-state index in [1.807, 2.05) is 12.1 Å². The molecule has 1 heterocycles. The summed E-state index contributed by atoms with van der Waals surface area (Å²) in [6.45, 7) is 2.87. The third kappa shape index (κ3) is 4.99. The van der Waals surface area contributed by atoms with Gasteiger partial charge < -0.3 is 10.5 Å². The molecule has 0 atom stereocenters. The number of carbonyl (C=O) groups excluding carboxylic acids is 1. The van der Waals surface area contributed by atoms with Crippen molar-refractivity contribution in [1.29, 1.82) is 0 Å². The summed E-state index contributed by atoms with van der Waals surface area (Å²) in [7, 11) is 0. The number of ether oxygens (including phenoxy) is 1. The smallest absolute Gasteiger partial charge is 0.252 e. The van der Waals surface area contributed by atoms with Crippen LogP contribution in [0.2, 0.25) is 0 Å². The molecule has 0 unspecified atom stereocenters. The number of hydrogen-bond donors (Lipinski definition) is 2. The van der Waals surface area contributed by atoms with Crippen LogP contribution in [0, 0.1) is 0 Å². The molecule has 0 saturated heterocycles. The number of hydrogen-bond acceptors (Lipinski definition) is 5. The van der Waals surface area contributed by atoms with E-state index in [1.165, 1.54) is 24.2 Å². The number of thiazole rings is 1. The number of amides is 1. The number of aromatic nitrogens is 1. The van der Waals surface area contributed by atoms with E-state index in [4.69, 9.17) is 10.5 Å². The highest BCUT2D eigenvalue weighted by molar-refractivity contribution is 7.22. The SMILES string of the molecule is CCCCCCOCC(=O)Nc1nc2ccc(N)cc2s1. The van der Waals surface area contributed by atoms with Gasteiger partial charge in [-0.1, -0.05) is 37.5 Å². The van der Waals surface area contributed by atoms with Gasteiger partial charge in [-0.2, -0.15) is 0 Å². The zero-order chi connectivity index (χ0) is 15.1. The lowest BCUT2D eigenvalue weighted by Gasteiger charge is -2.03. The lowest BCUT2D eigenvalue weighted by atomic mass is 10.2. The summed E-state index contributed by atoms with van der Waals surface area (Å²) in [4.78, 5) is 16.1. The van der Waals surface area contributed by atoms with Crippen LogP contribution < -0.4 is 11.1 Å². The normalized spacial score (nSPS) is 10.9. The van der Waals surface area contributed by atoms with E-state index in [9.17, 15) is 4.79 Å². The number of nitrogens with one attached hydrogen (secondary N) is 1. The second-order valence-electron chi connectivity index (χ2n) is 4.91. The van der Waals surface area contributed by atoms with Crippen molar-refractivity contribution in [3.63, 3.8) is 0 Å². The minimum atomic E-state index is -0.169. The number of anilines is 2. The van der Waals surface area contributed by atoms with Gasteiger partial charge in [0.25, 0.3) is 5.91 Å². The summed E-state index contributed by atoms with van der Waals surface area (Å²) in [6.07, 6.45) is 4.56. The molecule has 1 aromatic carbocycles. The van der Waals surface area contributed by atoms with Crippen molar-refractivity contribution in [3.8, 4) is 0 Å². The lowest BCUT2D eigenvalue weighted by molar-refractivity contribution is -0.120. The van der Waals surface area contributed by atoms with Crippen molar-refractivity contribution in [3.05, 3.63) is 18.2 Å². The molecule has 1 aromatic heterocycles. The highest BCUT2D eigenvalue weighted by Gasteiger charge is 2.08. The molecule has 6 heteroatoms. The maximum absolute atomic E-state index is 11.8. The second kappa shape index (κ2) is 7.95. The van der Waals surface area contributed by atoms with Gasteiger partial charge in [-0.05, 0) is 24.6 Å². The Morgan fingerprint density at radius 1 is 1.38 bits per heavy atom. The van der Waals surface area contributed by atoms with Gasteiger partial charge in [-0.25, -0.2) is 4.98 Å². The molecule has 1 amide bonds. The molecule has 3 N–H and O–H groups in total. The summed E-state index contributed by atoms with van der Waals surface area (Å²) < 4.78 is 6.32. The van der Waals surface area contributed by atoms with Crippen LogP contribution in [0.3, 0.4) is 0 Å². The number of benzene rings is 1. The predicted octanol–water partition coefficient (Wildman–Crippen LogP) is 3.41. The van der Waals surface area contributed by atoms with Crippen LogP contribution in [0.25, 0.3) is 10.2 Å². The van der Waals surface area contributed by atoms with E-state index >= 15 is 0 Å². The predicted molar refractivity (Wildman–Crippen MR) is 87.6 cm³/mol. The zero-order valence-electron chi connectivity index (χ0n) is 12.2. The second-order valence-corrected chi connectivity index (χ2v) is 5.94. The van der Waals surface area contributed by atoms with E-state index in [-0.39, 0.29) is 12.5 Å². The van der Waals surface area contributed by atoms with E-state index in [0.29, 0.717) is 17.4 Å². The molecule has 0 aliphatic carbocycles. The molecule has 0 bridgehead atoms. The molecule has 114 valence electrons. The van der Waals surface area contributed by atoms with Crippen LogP contribution in [-0.2, 0) is 9.53 Å². The first-order valence-electron chi connectivity index (χ1n) is 7.22. The van der Waals surface area contributed by atoms with Gasteiger partial charge in [-0.3, -0.25) is 10.1 Å². The maximum atomic E-state index is 11.8. The van der Waals surface area contributed by atoms with Crippen LogP contribution in [0.15, 0.2) is 18.2 Å². The molecule has 0 spiro atoms. The van der Waals surface area contributed by atoms with Crippen molar-refractivity contribution in [1.82, 2.24) is 4.98 Å². The lowest BCUT2D eigenvalue weighted by Crippen LogP contribution is -2.18. The summed E-state index contributed by atoms with van der Waals surface area (Å²) in [6, 6.07) is 5.50. The number of nitrogens with zero attached hydrogens (tertiary/aromatic N) is 1. The fourth-order valence-corrected chi connectivity index (χ4v) is 2.88. The van der Waals surface area contributed by atoms with Gasteiger partial charge in [0.2, 0.25) is 0 Å². The van der Waals surface area contributed by atoms with Crippen molar-refractivity contribution < 1.29 is 9.53 Å². The number of nitrogens with two attached hydrogens (primary N) is 1. The molecule has 0 fully saturated rings. The van der Waals surface area contributed by atoms with E-state index < -0.39 is 0 Å². The van der Waals surface area contributed by atoms with Gasteiger partial charge in [0.05, 0.1) is 10.2 Å². The highest BCUT2D eigenvalue weighted by Crippen LogP contribution is 2.27. The van der Waals surface area contributed by atoms with Crippen molar-refractivity contribution >= 4 is 38.3 Å². The largest absolute Gasteiger partial charge is 0.399 e. The minimum Gasteiger partial charge on any atom is -0.399 e. The molecule has 5 nitrogen and oxygen atoms in total. The zero-order valence-corrected chi connectivity index (χ0v) is 13.0. The van der Waals surface area contributed by atoms with E-state index in [0.717, 1.165) is 23.1 Å². The van der Waals surface area contributed by atoms with Crippen LogP contribution in [0.4, 0.5) is 10.8 Å². The van der Waals surface area contributed by atoms with Crippen molar-refractivity contribution in [2.45, 2.75) is 32.6 Å². The fourth-order valence-electron chi connectivity index (χ4n) is 1.95. The Labute approximate surface area is 128 Å². The van der Waals surface area contributed by atoms with Gasteiger partial charge in [0.1, 0.15) is 6.61 Å². The Kier molecular flexibility index (Phi) is 5.95. The molecule has 0 aliphatic rings. The Balaban J connectivity index is 1.76. The first kappa shape index (κ1) is 15.7. The van der Waals surface area contributed by atoms with Crippen molar-refractivity contribution in [2.75, 3.05) is 24.3 Å². The Hall–Kier alpha value is -1.66. The number of carbonyl (C=O) groups is 1. The molecule has 2 rings (SSSR count). The first-order chi connectivity index (χ1) is 10.2. The standard InChI is InChI=1S/C15H21N3O2S/c1-2-3-4-5-8-20-10-14(19)18-15-17-12-7-6-11(16)9-13(12)21-15/h6-7,9H,2-5,8,10,16H2,1H3,(H,17,18,19). The fraction of sp³-hybridized carbons (Fsp3) is 0.467. The average Bonchev–Trinajstić information content (AvgIpc) is 2.83. The molecule has 0 saturated carbocycles. The number of unbranched alkanes of at least 4 members (excludes halogenated alkanes) is 3. The summed E-state index contributed by atoms with van der Waals surface area (Å²) in [5.74, 6) is -0.169. The average molecular weight is 307 g/mol. The molecular weight excluding hydrogens is 286 g/mol. The number of fused-ring (bicyclic) bond motifs is 1. The summed E-state index contributed by atoms with van der Waals surface area (Å²) >= 11 is 1.41. The third-order valence-corrected chi connectivity index (χ3v) is 3.97.